The molecular weight excluding hydrogens is 394 g/mol. The molecule has 3 nitrogen and oxygen atoms in total. The van der Waals surface area contributed by atoms with Gasteiger partial charge in [0.25, 0.3) is 0 Å². The molecule has 1 saturated heterocycles. The molecule has 3 rings (SSSR count). The first kappa shape index (κ1) is 27.4. The normalized spacial score (nSPS) is 13.2. The molecule has 0 atom stereocenters. The summed E-state index contributed by atoms with van der Waals surface area (Å²) in [6, 6.07) is 12.8. The maximum atomic E-state index is 11.8. The summed E-state index contributed by atoms with van der Waals surface area (Å²) in [5, 5.41) is 0. The van der Waals surface area contributed by atoms with Crippen LogP contribution in [0.1, 0.15) is 98.0 Å². The minimum absolute atomic E-state index is 0.532. The molecule has 1 aliphatic rings. The molecule has 0 bridgehead atoms. The Labute approximate surface area is 195 Å². The molecule has 1 aliphatic heterocycles. The van der Waals surface area contributed by atoms with Crippen molar-refractivity contribution in [2.45, 2.75) is 80.1 Å². The molecule has 174 valence electrons. The van der Waals surface area contributed by atoms with Gasteiger partial charge in [0.05, 0.1) is 0 Å². The summed E-state index contributed by atoms with van der Waals surface area (Å²) in [6.07, 6.45) is 5.19. The number of rotatable bonds is 6. The van der Waals surface area contributed by atoms with Crippen molar-refractivity contribution in [3.8, 4) is 0 Å². The number of benzene rings is 2. The number of aldehydes is 1. The zero-order chi connectivity index (χ0) is 24.1. The first-order valence-electron chi connectivity index (χ1n) is 12.2. The van der Waals surface area contributed by atoms with Gasteiger partial charge in [0.2, 0.25) is 0 Å². The van der Waals surface area contributed by atoms with Gasteiger partial charge in [-0.05, 0) is 67.3 Å². The predicted octanol–water partition coefficient (Wildman–Crippen LogP) is 7.17. The summed E-state index contributed by atoms with van der Waals surface area (Å²) in [6.45, 7) is 15.8. The summed E-state index contributed by atoms with van der Waals surface area (Å²) in [5.74, 6) is 2.68. The van der Waals surface area contributed by atoms with E-state index in [0.29, 0.717) is 17.2 Å². The highest BCUT2D eigenvalue weighted by Crippen LogP contribution is 2.32. The van der Waals surface area contributed by atoms with Crippen molar-refractivity contribution in [1.82, 2.24) is 4.90 Å². The van der Waals surface area contributed by atoms with E-state index in [9.17, 15) is 9.59 Å². The zero-order valence-corrected chi connectivity index (χ0v) is 21.1. The highest BCUT2D eigenvalue weighted by Gasteiger charge is 2.24. The highest BCUT2D eigenvalue weighted by molar-refractivity contribution is 5.90. The quantitative estimate of drug-likeness (QED) is 0.356. The highest BCUT2D eigenvalue weighted by atomic mass is 16.1. The van der Waals surface area contributed by atoms with Crippen molar-refractivity contribution >= 4 is 17.9 Å². The van der Waals surface area contributed by atoms with Gasteiger partial charge in [-0.25, -0.2) is 4.79 Å². The van der Waals surface area contributed by atoms with Crippen molar-refractivity contribution in [2.24, 2.45) is 0 Å². The number of carbonyl (C=O) groups is 1. The van der Waals surface area contributed by atoms with Gasteiger partial charge in [0.15, 0.2) is 5.94 Å². The Balaban J connectivity index is 0.00000121. The first-order chi connectivity index (χ1) is 15.6. The average molecular weight is 436 g/mol. The van der Waals surface area contributed by atoms with Gasteiger partial charge >= 0.3 is 0 Å². The van der Waals surface area contributed by atoms with Crippen LogP contribution in [0.3, 0.4) is 0 Å². The van der Waals surface area contributed by atoms with Crippen LogP contribution in [0.5, 0.6) is 0 Å². The molecule has 2 aromatic rings. The van der Waals surface area contributed by atoms with Gasteiger partial charge in [-0.15, -0.1) is 0 Å². The van der Waals surface area contributed by atoms with Crippen molar-refractivity contribution < 1.29 is 9.59 Å². The number of aryl methyl sites for hydroxylation is 3. The van der Waals surface area contributed by atoms with Gasteiger partial charge in [0.1, 0.15) is 12.0 Å². The topological polar surface area (TPSA) is 37.4 Å². The fraction of sp³-hybridized carbons (Fsp3) is 0.483. The van der Waals surface area contributed by atoms with E-state index in [1.807, 2.05) is 53.7 Å². The maximum Gasteiger partial charge on any atom is 0.151 e. The Morgan fingerprint density at radius 3 is 2.09 bits per heavy atom. The minimum atomic E-state index is 0.532. The van der Waals surface area contributed by atoms with Crippen LogP contribution in [0.25, 0.3) is 5.70 Å². The van der Waals surface area contributed by atoms with E-state index >= 15 is 0 Å². The van der Waals surface area contributed by atoms with E-state index in [-0.39, 0.29) is 0 Å². The Morgan fingerprint density at radius 1 is 1.00 bits per heavy atom. The molecular formula is C29H41NO2. The maximum absolute atomic E-state index is 11.8. The lowest BCUT2D eigenvalue weighted by atomic mass is 9.88. The summed E-state index contributed by atoms with van der Waals surface area (Å²) in [4.78, 5) is 25.2. The summed E-state index contributed by atoms with van der Waals surface area (Å²) < 4.78 is 0. The molecule has 32 heavy (non-hydrogen) atoms. The van der Waals surface area contributed by atoms with E-state index < -0.39 is 0 Å². The lowest BCUT2D eigenvalue weighted by Crippen LogP contribution is -2.32. The summed E-state index contributed by atoms with van der Waals surface area (Å²) in [5.41, 5.74) is 6.78. The molecule has 1 fully saturated rings. The van der Waals surface area contributed by atoms with Crippen LogP contribution in [0.2, 0.25) is 0 Å². The zero-order valence-electron chi connectivity index (χ0n) is 21.1. The van der Waals surface area contributed by atoms with Crippen LogP contribution < -0.4 is 0 Å². The third kappa shape index (κ3) is 6.93. The lowest BCUT2D eigenvalue weighted by Gasteiger charge is -2.34. The molecule has 0 amide bonds. The fourth-order valence-corrected chi connectivity index (χ4v) is 4.22. The van der Waals surface area contributed by atoms with Crippen LogP contribution in [0.4, 0.5) is 0 Å². The molecule has 0 aromatic heterocycles. The minimum Gasteiger partial charge on any atom is -0.362 e. The largest absolute Gasteiger partial charge is 0.362 e. The SMILES string of the molecule is CC.CC.CCCc1ccc(C2CCN(C(=C=O)c3cc(C=O)c(C)cc3C)CC2)cc1. The number of carbonyl (C=O) groups excluding carboxylic acids is 2. The Hall–Kier alpha value is -2.64. The fourth-order valence-electron chi connectivity index (χ4n) is 4.22. The van der Waals surface area contributed by atoms with E-state index in [1.54, 1.807) is 0 Å². The van der Waals surface area contributed by atoms with Gasteiger partial charge in [-0.1, -0.05) is 71.4 Å². The van der Waals surface area contributed by atoms with Crippen LogP contribution in [0, 0.1) is 13.8 Å². The van der Waals surface area contributed by atoms with Crippen molar-refractivity contribution in [1.29, 1.82) is 0 Å². The van der Waals surface area contributed by atoms with Crippen LogP contribution in [0.15, 0.2) is 36.4 Å². The van der Waals surface area contributed by atoms with E-state index in [4.69, 9.17) is 0 Å². The molecule has 0 aliphatic carbocycles. The second kappa shape index (κ2) is 14.4. The summed E-state index contributed by atoms with van der Waals surface area (Å²) in [7, 11) is 0. The number of nitrogens with zero attached hydrogens (tertiary/aromatic N) is 1. The monoisotopic (exact) mass is 435 g/mol. The third-order valence-electron chi connectivity index (χ3n) is 5.89. The van der Waals surface area contributed by atoms with Crippen LogP contribution in [-0.2, 0) is 11.2 Å². The second-order valence-electron chi connectivity index (χ2n) is 7.85. The van der Waals surface area contributed by atoms with E-state index in [2.05, 4.69) is 42.0 Å². The van der Waals surface area contributed by atoms with Crippen molar-refractivity contribution in [3.05, 3.63) is 69.8 Å². The van der Waals surface area contributed by atoms with Gasteiger partial charge in [-0.2, -0.15) is 0 Å². The van der Waals surface area contributed by atoms with Crippen LogP contribution >= 0.6 is 0 Å². The molecule has 0 radical (unpaired) electrons. The number of hydrogen-bond donors (Lipinski definition) is 0. The predicted molar refractivity (Wildman–Crippen MR) is 137 cm³/mol. The van der Waals surface area contributed by atoms with Gasteiger partial charge < -0.3 is 4.90 Å². The Morgan fingerprint density at radius 2 is 1.59 bits per heavy atom. The van der Waals surface area contributed by atoms with Gasteiger partial charge in [0, 0.05) is 24.2 Å². The second-order valence-corrected chi connectivity index (χ2v) is 7.85. The summed E-state index contributed by atoms with van der Waals surface area (Å²) >= 11 is 0. The average Bonchev–Trinajstić information content (AvgIpc) is 2.84. The Kier molecular flexibility index (Phi) is 12.4. The molecule has 0 N–H and O–H groups in total. The molecule has 0 spiro atoms. The third-order valence-corrected chi connectivity index (χ3v) is 5.89. The first-order valence-corrected chi connectivity index (χ1v) is 12.2. The smallest absolute Gasteiger partial charge is 0.151 e. The van der Waals surface area contributed by atoms with E-state index in [0.717, 1.165) is 55.3 Å². The van der Waals surface area contributed by atoms with Crippen molar-refractivity contribution in [3.63, 3.8) is 0 Å². The molecule has 1 heterocycles. The molecule has 2 aromatic carbocycles. The van der Waals surface area contributed by atoms with Gasteiger partial charge in [-0.3, -0.25) is 4.79 Å². The number of piperidine rings is 1. The Bertz CT molecular complexity index is 884. The van der Waals surface area contributed by atoms with Crippen molar-refractivity contribution in [2.75, 3.05) is 13.1 Å². The number of hydrogen-bond acceptors (Lipinski definition) is 3. The van der Waals surface area contributed by atoms with Crippen LogP contribution in [-0.4, -0.2) is 30.2 Å². The molecule has 0 saturated carbocycles. The number of likely N-dealkylation sites (tertiary alicyclic amines) is 1. The molecule has 3 heteroatoms. The standard InChI is InChI=1S/C25H29NO2.2C2H6/c1-4-5-20-6-8-21(9-7-20)22-10-12-26(13-11-22)25(17-28)24-15-23(16-27)18(2)14-19(24)3;2*1-2/h6-9,14-16,22H,4-5,10-13H2,1-3H3;2*1-2H3. The molecule has 0 unspecified atom stereocenters. The van der Waals surface area contributed by atoms with E-state index in [1.165, 1.54) is 17.5 Å². The lowest BCUT2D eigenvalue weighted by molar-refractivity contribution is 0.112.